The summed E-state index contributed by atoms with van der Waals surface area (Å²) in [5.41, 5.74) is 4.65. The third-order valence-electron chi connectivity index (χ3n) is 6.25. The number of H-pyrrole nitrogens is 1. The van der Waals surface area contributed by atoms with Crippen molar-refractivity contribution in [3.8, 4) is 39.9 Å². The van der Waals surface area contributed by atoms with Gasteiger partial charge in [-0.3, -0.25) is 10.1 Å². The second-order valence-electron chi connectivity index (χ2n) is 8.60. The molecular weight excluding hydrogens is 442 g/mol. The van der Waals surface area contributed by atoms with Crippen molar-refractivity contribution in [3.63, 3.8) is 0 Å². The summed E-state index contributed by atoms with van der Waals surface area (Å²) in [5, 5.41) is 7.41. The first kappa shape index (κ1) is 21.6. The van der Waals surface area contributed by atoms with Crippen LogP contribution in [0.15, 0.2) is 67.0 Å². The van der Waals surface area contributed by atoms with E-state index in [-0.39, 0.29) is 18.3 Å². The molecular formula is C27H25N5O3. The maximum atomic E-state index is 6.01. The first-order valence-electron chi connectivity index (χ1n) is 11.7. The number of benzene rings is 1. The van der Waals surface area contributed by atoms with Gasteiger partial charge in [0.2, 0.25) is 5.88 Å². The molecule has 0 amide bonds. The van der Waals surface area contributed by atoms with Crippen LogP contribution >= 0.6 is 0 Å². The largest absolute Gasteiger partial charge is 0.469 e. The Labute approximate surface area is 203 Å². The summed E-state index contributed by atoms with van der Waals surface area (Å²) in [7, 11) is 0. The average molecular weight is 468 g/mol. The fourth-order valence-corrected chi connectivity index (χ4v) is 4.49. The average Bonchev–Trinajstić information content (AvgIpc) is 3.64. The Kier molecular flexibility index (Phi) is 5.81. The molecule has 0 saturated carbocycles. The van der Waals surface area contributed by atoms with Gasteiger partial charge in [0.1, 0.15) is 6.10 Å². The molecule has 8 heteroatoms. The van der Waals surface area contributed by atoms with Crippen molar-refractivity contribution < 1.29 is 14.2 Å². The lowest BCUT2D eigenvalue weighted by molar-refractivity contribution is 0.0289. The normalized spacial score (nSPS) is 21.5. The van der Waals surface area contributed by atoms with Gasteiger partial charge in [-0.05, 0) is 43.2 Å². The molecule has 3 unspecified atom stereocenters. The number of nitrogens with one attached hydrogen (secondary N) is 1. The van der Waals surface area contributed by atoms with Crippen molar-refractivity contribution in [2.24, 2.45) is 0 Å². The molecule has 1 N–H and O–H groups in total. The van der Waals surface area contributed by atoms with Gasteiger partial charge in [0.05, 0.1) is 18.4 Å². The lowest BCUT2D eigenvalue weighted by Gasteiger charge is -2.17. The van der Waals surface area contributed by atoms with Gasteiger partial charge in [0, 0.05) is 41.8 Å². The highest BCUT2D eigenvalue weighted by atomic mass is 16.6. The lowest BCUT2D eigenvalue weighted by Crippen LogP contribution is -2.32. The van der Waals surface area contributed by atoms with Crippen LogP contribution in [-0.2, 0) is 9.47 Å². The third kappa shape index (κ3) is 4.45. The summed E-state index contributed by atoms with van der Waals surface area (Å²) >= 11 is 0. The van der Waals surface area contributed by atoms with E-state index in [1.165, 1.54) is 0 Å². The predicted octanol–water partition coefficient (Wildman–Crippen LogP) is 4.56. The molecule has 2 aliphatic heterocycles. The Bertz CT molecular complexity index is 1330. The molecule has 0 bridgehead atoms. The van der Waals surface area contributed by atoms with Gasteiger partial charge in [-0.25, -0.2) is 9.97 Å². The maximum Gasteiger partial charge on any atom is 0.213 e. The first-order chi connectivity index (χ1) is 17.3. The summed E-state index contributed by atoms with van der Waals surface area (Å²) < 4.78 is 17.5. The van der Waals surface area contributed by atoms with E-state index < -0.39 is 0 Å². The number of pyridine rings is 2. The molecule has 4 aromatic rings. The maximum absolute atomic E-state index is 6.01. The Morgan fingerprint density at radius 2 is 1.91 bits per heavy atom. The molecule has 0 radical (unpaired) electrons. The number of hydrogen-bond donors (Lipinski definition) is 1. The van der Waals surface area contributed by atoms with E-state index in [1.807, 2.05) is 49.4 Å². The number of ether oxygens (including phenoxy) is 3. The molecule has 3 aromatic heterocycles. The van der Waals surface area contributed by atoms with Crippen LogP contribution in [0.5, 0.6) is 5.88 Å². The molecule has 2 saturated heterocycles. The van der Waals surface area contributed by atoms with Crippen LogP contribution in [0.2, 0.25) is 0 Å². The van der Waals surface area contributed by atoms with Gasteiger partial charge in [-0.15, -0.1) is 0 Å². The van der Waals surface area contributed by atoms with Crippen LogP contribution in [0.25, 0.3) is 40.1 Å². The van der Waals surface area contributed by atoms with Crippen molar-refractivity contribution >= 4 is 6.08 Å². The van der Waals surface area contributed by atoms with Crippen LogP contribution < -0.4 is 4.74 Å². The van der Waals surface area contributed by atoms with Crippen molar-refractivity contribution in [1.82, 2.24) is 25.1 Å². The smallest absolute Gasteiger partial charge is 0.213 e. The zero-order valence-electron chi connectivity index (χ0n) is 19.3. The standard InChI is InChI=1S/C27H25N5O3/c1-2-4-17-5-3-6-18(13-17)26-30-27(32-31-26)20-7-9-21(28-15-20)19-8-10-24(29-14-19)35-23-16-34-22-11-12-33-25(22)23/h2-10,13-15,22-23,25H,11-12,16H2,1H3,(H,30,31,32). The monoisotopic (exact) mass is 467 g/mol. The third-order valence-corrected chi connectivity index (χ3v) is 6.25. The molecule has 0 spiro atoms. The zero-order chi connectivity index (χ0) is 23.6. The van der Waals surface area contributed by atoms with Gasteiger partial charge >= 0.3 is 0 Å². The number of aromatic nitrogens is 5. The van der Waals surface area contributed by atoms with Crippen LogP contribution in [0.3, 0.4) is 0 Å². The number of fused-ring (bicyclic) bond motifs is 1. The molecule has 176 valence electrons. The first-order valence-corrected chi connectivity index (χ1v) is 11.7. The van der Waals surface area contributed by atoms with Crippen molar-refractivity contribution in [1.29, 1.82) is 0 Å². The molecule has 6 rings (SSSR count). The van der Waals surface area contributed by atoms with Gasteiger partial charge in [0.25, 0.3) is 0 Å². The topological polar surface area (TPSA) is 95.0 Å². The van der Waals surface area contributed by atoms with Crippen molar-refractivity contribution in [2.45, 2.75) is 31.7 Å². The summed E-state index contributed by atoms with van der Waals surface area (Å²) in [6.07, 6.45) is 8.56. The lowest BCUT2D eigenvalue weighted by atomic mass is 10.1. The number of allylic oxidation sites excluding steroid dienone is 1. The number of hydrogen-bond acceptors (Lipinski definition) is 7. The fourth-order valence-electron chi connectivity index (χ4n) is 4.49. The van der Waals surface area contributed by atoms with Gasteiger partial charge in [0.15, 0.2) is 17.8 Å². The van der Waals surface area contributed by atoms with Gasteiger partial charge in [-0.2, -0.15) is 5.10 Å². The highest BCUT2D eigenvalue weighted by Gasteiger charge is 2.43. The molecule has 1 aromatic carbocycles. The number of rotatable bonds is 6. The minimum absolute atomic E-state index is 0.000950. The van der Waals surface area contributed by atoms with E-state index in [4.69, 9.17) is 14.2 Å². The van der Waals surface area contributed by atoms with E-state index in [2.05, 4.69) is 43.4 Å². The van der Waals surface area contributed by atoms with Crippen LogP contribution in [0.4, 0.5) is 0 Å². The summed E-state index contributed by atoms with van der Waals surface area (Å²) in [6, 6.07) is 15.9. The fraction of sp³-hybridized carbons (Fsp3) is 0.259. The van der Waals surface area contributed by atoms with Crippen molar-refractivity contribution in [2.75, 3.05) is 13.2 Å². The second kappa shape index (κ2) is 9.40. The van der Waals surface area contributed by atoms with E-state index in [0.29, 0.717) is 18.3 Å². The molecule has 3 atom stereocenters. The Balaban J connectivity index is 1.14. The van der Waals surface area contributed by atoms with Gasteiger partial charge in [-0.1, -0.05) is 30.4 Å². The minimum atomic E-state index is -0.116. The molecule has 35 heavy (non-hydrogen) atoms. The summed E-state index contributed by atoms with van der Waals surface area (Å²) in [4.78, 5) is 13.7. The molecule has 2 fully saturated rings. The van der Waals surface area contributed by atoms with E-state index in [0.717, 1.165) is 46.8 Å². The highest BCUT2D eigenvalue weighted by Crippen LogP contribution is 2.30. The Morgan fingerprint density at radius 1 is 1.00 bits per heavy atom. The Morgan fingerprint density at radius 3 is 2.74 bits per heavy atom. The van der Waals surface area contributed by atoms with Crippen LogP contribution in [0, 0.1) is 0 Å². The van der Waals surface area contributed by atoms with Gasteiger partial charge < -0.3 is 14.2 Å². The SMILES string of the molecule is CC=Cc1cccc(-c2nc(-c3ccc(-c4ccc(OC5COC6CCOC65)nc4)nc3)n[nH]2)c1. The van der Waals surface area contributed by atoms with E-state index in [9.17, 15) is 0 Å². The minimum Gasteiger partial charge on any atom is -0.469 e. The highest BCUT2D eigenvalue weighted by molar-refractivity contribution is 5.66. The summed E-state index contributed by atoms with van der Waals surface area (Å²) in [5.74, 6) is 1.88. The Hall–Kier alpha value is -3.88. The number of nitrogens with zero attached hydrogens (tertiary/aromatic N) is 4. The molecule has 2 aliphatic rings. The molecule has 5 heterocycles. The van der Waals surface area contributed by atoms with Crippen LogP contribution in [0.1, 0.15) is 18.9 Å². The number of aromatic amines is 1. The van der Waals surface area contributed by atoms with Crippen molar-refractivity contribution in [3.05, 3.63) is 72.6 Å². The quantitative estimate of drug-likeness (QED) is 0.444. The van der Waals surface area contributed by atoms with E-state index in [1.54, 1.807) is 12.4 Å². The predicted molar refractivity (Wildman–Crippen MR) is 132 cm³/mol. The molecule has 8 nitrogen and oxygen atoms in total. The van der Waals surface area contributed by atoms with E-state index >= 15 is 0 Å². The van der Waals surface area contributed by atoms with Crippen LogP contribution in [-0.4, -0.2) is 56.7 Å². The summed E-state index contributed by atoms with van der Waals surface area (Å²) in [6.45, 7) is 3.26. The molecule has 0 aliphatic carbocycles. The zero-order valence-corrected chi connectivity index (χ0v) is 19.3. The second-order valence-corrected chi connectivity index (χ2v) is 8.60.